The molecule has 2 heterocycles. The summed E-state index contributed by atoms with van der Waals surface area (Å²) >= 11 is 0. The van der Waals surface area contributed by atoms with Crippen LogP contribution in [0.4, 0.5) is 5.82 Å². The molecule has 5 nitrogen and oxygen atoms in total. The molecule has 0 N–H and O–H groups in total. The van der Waals surface area contributed by atoms with E-state index in [0.29, 0.717) is 13.1 Å². The van der Waals surface area contributed by atoms with Crippen LogP contribution in [0.2, 0.25) is 0 Å². The summed E-state index contributed by atoms with van der Waals surface area (Å²) in [6, 6.07) is 26.0. The molecule has 0 saturated carbocycles. The van der Waals surface area contributed by atoms with Crippen LogP contribution in [0.15, 0.2) is 85.4 Å². The van der Waals surface area contributed by atoms with Crippen LogP contribution in [0, 0.1) is 0 Å². The second-order valence-corrected chi connectivity index (χ2v) is 8.40. The Labute approximate surface area is 194 Å². The van der Waals surface area contributed by atoms with E-state index in [1.165, 1.54) is 0 Å². The molecule has 1 aliphatic rings. The van der Waals surface area contributed by atoms with Crippen LogP contribution < -0.4 is 4.90 Å². The van der Waals surface area contributed by atoms with Crippen LogP contribution in [-0.2, 0) is 0 Å². The Hall–Kier alpha value is -3.99. The number of carbonyl (C=O) groups is 1. The Bertz CT molecular complexity index is 1300. The highest BCUT2D eigenvalue weighted by atomic mass is 16.2. The fraction of sp³-hybridized carbons (Fsp3) is 0.179. The van der Waals surface area contributed by atoms with E-state index in [1.807, 2.05) is 65.6 Å². The van der Waals surface area contributed by atoms with Crippen molar-refractivity contribution in [3.8, 4) is 11.3 Å². The van der Waals surface area contributed by atoms with E-state index < -0.39 is 0 Å². The van der Waals surface area contributed by atoms with Crippen LogP contribution in [0.5, 0.6) is 0 Å². The number of benzene rings is 3. The zero-order valence-electron chi connectivity index (χ0n) is 18.7. The second-order valence-electron chi connectivity index (χ2n) is 8.40. The highest BCUT2D eigenvalue weighted by Gasteiger charge is 2.29. The van der Waals surface area contributed by atoms with Crippen molar-refractivity contribution in [1.82, 2.24) is 15.1 Å². The number of hydrogen-bond donors (Lipinski definition) is 0. The summed E-state index contributed by atoms with van der Waals surface area (Å²) in [6.45, 7) is 8.00. The zero-order valence-corrected chi connectivity index (χ0v) is 18.7. The van der Waals surface area contributed by atoms with Crippen molar-refractivity contribution in [1.29, 1.82) is 0 Å². The van der Waals surface area contributed by atoms with E-state index in [1.54, 1.807) is 0 Å². The first-order chi connectivity index (χ1) is 16.2. The molecule has 1 aliphatic heterocycles. The van der Waals surface area contributed by atoms with E-state index in [9.17, 15) is 4.79 Å². The van der Waals surface area contributed by atoms with Gasteiger partial charge in [-0.3, -0.25) is 4.79 Å². The maximum atomic E-state index is 13.0. The van der Waals surface area contributed by atoms with E-state index in [-0.39, 0.29) is 11.9 Å². The summed E-state index contributed by atoms with van der Waals surface area (Å²) in [6.07, 6.45) is 1.83. The summed E-state index contributed by atoms with van der Waals surface area (Å²) < 4.78 is 0. The Morgan fingerprint density at radius 3 is 2.30 bits per heavy atom. The predicted molar refractivity (Wildman–Crippen MR) is 134 cm³/mol. The highest BCUT2D eigenvalue weighted by Crippen LogP contribution is 2.32. The molecule has 1 fully saturated rings. The molecule has 5 heteroatoms. The number of aromatic nitrogens is 2. The molecule has 1 aromatic heterocycles. The van der Waals surface area contributed by atoms with Gasteiger partial charge in [-0.15, -0.1) is 10.2 Å². The Balaban J connectivity index is 1.44. The number of amides is 1. The van der Waals surface area contributed by atoms with Crippen molar-refractivity contribution in [3.05, 3.63) is 96.6 Å². The third-order valence-corrected chi connectivity index (χ3v) is 6.30. The second kappa shape index (κ2) is 8.87. The molecular weight excluding hydrogens is 408 g/mol. The van der Waals surface area contributed by atoms with E-state index in [2.05, 4.69) is 52.9 Å². The van der Waals surface area contributed by atoms with Gasteiger partial charge in [0.2, 0.25) is 0 Å². The smallest absolute Gasteiger partial charge is 0.254 e. The van der Waals surface area contributed by atoms with Crippen molar-refractivity contribution >= 4 is 28.6 Å². The van der Waals surface area contributed by atoms with E-state index in [4.69, 9.17) is 0 Å². The minimum absolute atomic E-state index is 0.0677. The Kier molecular flexibility index (Phi) is 5.61. The number of anilines is 1. The van der Waals surface area contributed by atoms with Gasteiger partial charge in [0.05, 0.1) is 0 Å². The minimum Gasteiger partial charge on any atom is -0.351 e. The van der Waals surface area contributed by atoms with Crippen LogP contribution in [0.1, 0.15) is 22.8 Å². The van der Waals surface area contributed by atoms with Gasteiger partial charge in [0, 0.05) is 47.6 Å². The number of hydrogen-bond acceptors (Lipinski definition) is 4. The molecule has 0 bridgehead atoms. The summed E-state index contributed by atoms with van der Waals surface area (Å²) in [4.78, 5) is 17.2. The summed E-state index contributed by atoms with van der Waals surface area (Å²) in [5, 5.41) is 11.4. The lowest BCUT2D eigenvalue weighted by molar-refractivity contribution is 0.0674. The first-order valence-electron chi connectivity index (χ1n) is 11.2. The van der Waals surface area contributed by atoms with Crippen LogP contribution >= 0.6 is 0 Å². The van der Waals surface area contributed by atoms with Gasteiger partial charge < -0.3 is 9.80 Å². The number of fused-ring (bicyclic) bond motifs is 1. The average molecular weight is 435 g/mol. The van der Waals surface area contributed by atoms with Gasteiger partial charge >= 0.3 is 0 Å². The first-order valence-corrected chi connectivity index (χ1v) is 11.2. The Morgan fingerprint density at radius 1 is 0.909 bits per heavy atom. The number of carbonyl (C=O) groups excluding carboxylic acids is 1. The van der Waals surface area contributed by atoms with Gasteiger partial charge in [0.1, 0.15) is 5.69 Å². The molecule has 1 saturated heterocycles. The number of piperazine rings is 1. The van der Waals surface area contributed by atoms with Crippen molar-refractivity contribution in [2.45, 2.75) is 13.0 Å². The van der Waals surface area contributed by atoms with Gasteiger partial charge in [0.15, 0.2) is 5.82 Å². The number of rotatable bonds is 4. The molecule has 164 valence electrons. The topological polar surface area (TPSA) is 49.3 Å². The summed E-state index contributed by atoms with van der Waals surface area (Å²) in [5.74, 6) is 0.952. The van der Waals surface area contributed by atoms with Gasteiger partial charge in [-0.25, -0.2) is 0 Å². The monoisotopic (exact) mass is 434 g/mol. The van der Waals surface area contributed by atoms with E-state index in [0.717, 1.165) is 45.5 Å². The molecule has 5 rings (SSSR count). The van der Waals surface area contributed by atoms with Crippen molar-refractivity contribution in [2.24, 2.45) is 0 Å². The van der Waals surface area contributed by atoms with Gasteiger partial charge in [0.25, 0.3) is 5.91 Å². The van der Waals surface area contributed by atoms with E-state index >= 15 is 0 Å². The molecule has 0 radical (unpaired) electrons. The standard InChI is InChI=1S/C28H26N4O/c1-3-21-13-15-22(16-14-21)26-24-11-7-8-12-25(24)27(30-29-26)31-17-18-32(20(2)19-31)28(33)23-9-5-4-6-10-23/h3-16,20H,1,17-19H2,2H3/t20-/m0/s1. The highest BCUT2D eigenvalue weighted by molar-refractivity contribution is 6.00. The summed E-state index contributed by atoms with van der Waals surface area (Å²) in [7, 11) is 0. The van der Waals surface area contributed by atoms with Crippen LogP contribution in [0.25, 0.3) is 28.1 Å². The zero-order chi connectivity index (χ0) is 22.8. The maximum absolute atomic E-state index is 13.0. The van der Waals surface area contributed by atoms with Crippen LogP contribution in [0.3, 0.4) is 0 Å². The maximum Gasteiger partial charge on any atom is 0.254 e. The quantitative estimate of drug-likeness (QED) is 0.438. The fourth-order valence-electron chi connectivity index (χ4n) is 4.51. The molecule has 33 heavy (non-hydrogen) atoms. The molecule has 1 atom stereocenters. The normalized spacial score (nSPS) is 16.1. The van der Waals surface area contributed by atoms with Crippen LogP contribution in [-0.4, -0.2) is 46.7 Å². The minimum atomic E-state index is 0.0677. The predicted octanol–water partition coefficient (Wildman–Crippen LogP) is 5.29. The largest absolute Gasteiger partial charge is 0.351 e. The molecule has 0 aliphatic carbocycles. The van der Waals surface area contributed by atoms with Gasteiger partial charge in [-0.05, 0) is 24.6 Å². The third kappa shape index (κ3) is 3.98. The molecule has 3 aromatic carbocycles. The Morgan fingerprint density at radius 2 is 1.61 bits per heavy atom. The molecule has 4 aromatic rings. The molecule has 1 amide bonds. The summed E-state index contributed by atoms with van der Waals surface area (Å²) in [5.41, 5.74) is 3.71. The molecule has 0 unspecified atom stereocenters. The lowest BCUT2D eigenvalue weighted by Crippen LogP contribution is -2.54. The van der Waals surface area contributed by atoms with Gasteiger partial charge in [-0.2, -0.15) is 0 Å². The third-order valence-electron chi connectivity index (χ3n) is 6.30. The van der Waals surface area contributed by atoms with Crippen molar-refractivity contribution in [2.75, 3.05) is 24.5 Å². The van der Waals surface area contributed by atoms with Crippen molar-refractivity contribution < 1.29 is 4.79 Å². The first kappa shape index (κ1) is 20.9. The van der Waals surface area contributed by atoms with Gasteiger partial charge in [-0.1, -0.05) is 79.4 Å². The lowest BCUT2D eigenvalue weighted by Gasteiger charge is -2.40. The molecular formula is C28H26N4O. The SMILES string of the molecule is C=Cc1ccc(-c2nnc(N3CCN(C(=O)c4ccccc4)[C@@H](C)C3)c3ccccc23)cc1. The lowest BCUT2D eigenvalue weighted by atomic mass is 10.0. The average Bonchev–Trinajstić information content (AvgIpc) is 2.88. The van der Waals surface area contributed by atoms with Crippen molar-refractivity contribution in [3.63, 3.8) is 0 Å². The fourth-order valence-corrected chi connectivity index (χ4v) is 4.51. The number of nitrogens with zero attached hydrogens (tertiary/aromatic N) is 4. The molecule has 0 spiro atoms.